The van der Waals surface area contributed by atoms with Gasteiger partial charge in [0.05, 0.1) is 18.6 Å². The van der Waals surface area contributed by atoms with Crippen LogP contribution in [0.1, 0.15) is 30.7 Å². The van der Waals surface area contributed by atoms with E-state index in [9.17, 15) is 9.90 Å². The molecule has 0 radical (unpaired) electrons. The summed E-state index contributed by atoms with van der Waals surface area (Å²) in [7, 11) is 3.74. The second-order valence-corrected chi connectivity index (χ2v) is 7.28. The molecule has 1 aliphatic rings. The van der Waals surface area contributed by atoms with Crippen molar-refractivity contribution in [3.8, 4) is 11.4 Å². The van der Waals surface area contributed by atoms with Crippen molar-refractivity contribution in [2.24, 2.45) is 14.1 Å². The Balaban J connectivity index is 0.000000176. The number of phenolic OH excluding ortho intramolecular Hbond substituents is 1. The largest absolute Gasteiger partial charge is 0.508 e. The molecular weight excluding hydrogens is 418 g/mol. The van der Waals surface area contributed by atoms with E-state index < -0.39 is 0 Å². The van der Waals surface area contributed by atoms with Crippen molar-refractivity contribution in [3.05, 3.63) is 82.3 Å². The van der Waals surface area contributed by atoms with Crippen LogP contribution in [0.25, 0.3) is 17.3 Å². The van der Waals surface area contributed by atoms with Crippen LogP contribution < -0.4 is 10.7 Å². The smallest absolute Gasteiger partial charge is 0.203 e. The van der Waals surface area contributed by atoms with Crippen molar-refractivity contribution in [1.82, 2.24) is 29.3 Å². The summed E-state index contributed by atoms with van der Waals surface area (Å²) in [5, 5.41) is 25.1. The molecule has 0 amide bonds. The van der Waals surface area contributed by atoms with Crippen LogP contribution in [-0.4, -0.2) is 41.0 Å². The number of fused-ring (bicyclic) bond motifs is 1. The zero-order valence-corrected chi connectivity index (χ0v) is 19.5. The van der Waals surface area contributed by atoms with Gasteiger partial charge in [0, 0.05) is 55.9 Å². The van der Waals surface area contributed by atoms with E-state index in [0.717, 1.165) is 29.0 Å². The van der Waals surface area contributed by atoms with E-state index in [1.54, 1.807) is 45.5 Å². The first kappa shape index (κ1) is 23.5. The summed E-state index contributed by atoms with van der Waals surface area (Å²) in [6, 6.07) is 6.84. The highest BCUT2D eigenvalue weighted by Gasteiger charge is 2.12. The Bertz CT molecular complexity index is 1310. The van der Waals surface area contributed by atoms with Gasteiger partial charge >= 0.3 is 0 Å². The van der Waals surface area contributed by atoms with Crippen LogP contribution in [0.5, 0.6) is 5.75 Å². The normalized spacial score (nSPS) is 11.7. The Labute approximate surface area is 192 Å². The highest BCUT2D eigenvalue weighted by molar-refractivity contribution is 5.90. The second kappa shape index (κ2) is 10.4. The van der Waals surface area contributed by atoms with E-state index in [1.807, 2.05) is 52.6 Å². The fraction of sp³-hybridized carbons (Fsp3) is 0.250. The van der Waals surface area contributed by atoms with Crippen molar-refractivity contribution in [3.63, 3.8) is 0 Å². The first-order valence-corrected chi connectivity index (χ1v) is 10.7. The van der Waals surface area contributed by atoms with Crippen LogP contribution in [-0.2, 0) is 14.1 Å². The van der Waals surface area contributed by atoms with Crippen LogP contribution in [0, 0.1) is 6.92 Å². The molecule has 2 N–H and O–H groups in total. The number of phenols is 1. The molecule has 0 saturated carbocycles. The topological polar surface area (TPSA) is 103 Å². The van der Waals surface area contributed by atoms with Gasteiger partial charge in [0.15, 0.2) is 0 Å². The predicted molar refractivity (Wildman–Crippen MR) is 130 cm³/mol. The molecule has 0 saturated heterocycles. The van der Waals surface area contributed by atoms with Gasteiger partial charge in [-0.2, -0.15) is 15.3 Å². The number of aromatic nitrogens is 6. The van der Waals surface area contributed by atoms with E-state index in [2.05, 4.69) is 26.7 Å². The lowest BCUT2D eigenvalue weighted by Gasteiger charge is -2.18. The SMILES string of the molecule is CC.Cc1nn(-c2cnn(C)c2)ccc1=O.Cn1cc(C2=Cc3cc(O)ccc3NC2)cn1. The van der Waals surface area contributed by atoms with Crippen LogP contribution in [0.15, 0.2) is 60.0 Å². The lowest BCUT2D eigenvalue weighted by atomic mass is 10.0. The van der Waals surface area contributed by atoms with Gasteiger partial charge in [0.25, 0.3) is 0 Å². The van der Waals surface area contributed by atoms with Crippen LogP contribution >= 0.6 is 0 Å². The van der Waals surface area contributed by atoms with E-state index in [0.29, 0.717) is 5.69 Å². The van der Waals surface area contributed by atoms with Gasteiger partial charge in [0.2, 0.25) is 5.43 Å². The molecule has 4 heterocycles. The Morgan fingerprint density at radius 3 is 2.39 bits per heavy atom. The molecule has 0 spiro atoms. The van der Waals surface area contributed by atoms with Gasteiger partial charge in [-0.3, -0.25) is 14.2 Å². The molecule has 9 nitrogen and oxygen atoms in total. The van der Waals surface area contributed by atoms with Crippen LogP contribution in [0.4, 0.5) is 5.69 Å². The average molecular weight is 448 g/mol. The van der Waals surface area contributed by atoms with E-state index in [1.165, 1.54) is 11.6 Å². The van der Waals surface area contributed by atoms with E-state index in [-0.39, 0.29) is 11.2 Å². The Morgan fingerprint density at radius 1 is 1.03 bits per heavy atom. The molecule has 33 heavy (non-hydrogen) atoms. The van der Waals surface area contributed by atoms with Crippen molar-refractivity contribution < 1.29 is 5.11 Å². The molecule has 0 atom stereocenters. The van der Waals surface area contributed by atoms with Gasteiger partial charge < -0.3 is 10.4 Å². The summed E-state index contributed by atoms with van der Waals surface area (Å²) >= 11 is 0. The summed E-state index contributed by atoms with van der Waals surface area (Å²) < 4.78 is 5.10. The third kappa shape index (κ3) is 5.76. The van der Waals surface area contributed by atoms with Crippen molar-refractivity contribution in [1.29, 1.82) is 0 Å². The Kier molecular flexibility index (Phi) is 7.45. The summed E-state index contributed by atoms with van der Waals surface area (Å²) in [5.41, 5.74) is 5.62. The maximum Gasteiger partial charge on any atom is 0.203 e. The molecule has 1 aromatic carbocycles. The molecular formula is C24H29N7O2. The van der Waals surface area contributed by atoms with Gasteiger partial charge in [-0.15, -0.1) is 0 Å². The molecule has 1 aliphatic heterocycles. The molecule has 4 aromatic rings. The zero-order chi connectivity index (χ0) is 24.0. The summed E-state index contributed by atoms with van der Waals surface area (Å²) in [6.45, 7) is 6.47. The lowest BCUT2D eigenvalue weighted by Crippen LogP contribution is -2.12. The third-order valence-corrected chi connectivity index (χ3v) is 4.85. The number of anilines is 1. The lowest BCUT2D eigenvalue weighted by molar-refractivity contribution is 0.475. The fourth-order valence-corrected chi connectivity index (χ4v) is 3.21. The predicted octanol–water partition coefficient (Wildman–Crippen LogP) is 3.39. The van der Waals surface area contributed by atoms with Crippen LogP contribution in [0.2, 0.25) is 0 Å². The molecule has 0 unspecified atom stereocenters. The number of benzene rings is 1. The fourth-order valence-electron chi connectivity index (χ4n) is 3.21. The summed E-state index contributed by atoms with van der Waals surface area (Å²) in [5.74, 6) is 0.286. The molecule has 9 heteroatoms. The average Bonchev–Trinajstić information content (AvgIpc) is 3.45. The number of nitrogens with one attached hydrogen (secondary N) is 1. The monoisotopic (exact) mass is 447 g/mol. The maximum atomic E-state index is 11.1. The Morgan fingerprint density at radius 2 is 1.76 bits per heavy atom. The van der Waals surface area contributed by atoms with E-state index >= 15 is 0 Å². The highest BCUT2D eigenvalue weighted by Crippen LogP contribution is 2.30. The maximum absolute atomic E-state index is 11.1. The Hall–Kier alpha value is -4.14. The van der Waals surface area contributed by atoms with Gasteiger partial charge in [-0.05, 0) is 36.8 Å². The quantitative estimate of drug-likeness (QED) is 0.457. The number of hydrogen-bond acceptors (Lipinski definition) is 6. The van der Waals surface area contributed by atoms with E-state index in [4.69, 9.17) is 0 Å². The standard InChI is InChI=1S/C13H13N3O.C9H10N4O.C2H6/c1-16-8-11(7-15-16)10-4-9-5-12(17)2-3-13(9)14-6-10;1-7-9(14)3-4-13(11-7)8-5-10-12(2)6-8;1-2/h2-5,7-8,14,17H,6H2,1H3;3-6H,1-2H3;1-2H3. The number of hydrogen-bond donors (Lipinski definition) is 2. The number of nitrogens with zero attached hydrogens (tertiary/aromatic N) is 6. The number of aromatic hydroxyl groups is 1. The van der Waals surface area contributed by atoms with Gasteiger partial charge in [0.1, 0.15) is 17.1 Å². The highest BCUT2D eigenvalue weighted by atomic mass is 16.3. The van der Waals surface area contributed by atoms with Crippen LogP contribution in [0.3, 0.4) is 0 Å². The molecule has 172 valence electrons. The molecule has 5 rings (SSSR count). The minimum absolute atomic E-state index is 0.0508. The molecule has 3 aromatic heterocycles. The van der Waals surface area contributed by atoms with Crippen molar-refractivity contribution in [2.45, 2.75) is 20.8 Å². The number of rotatable bonds is 2. The minimum atomic E-state index is -0.0508. The molecule has 0 fully saturated rings. The van der Waals surface area contributed by atoms with Gasteiger partial charge in [-0.1, -0.05) is 13.8 Å². The minimum Gasteiger partial charge on any atom is -0.508 e. The second-order valence-electron chi connectivity index (χ2n) is 7.28. The van der Waals surface area contributed by atoms with Gasteiger partial charge in [-0.25, -0.2) is 4.68 Å². The molecule has 0 bridgehead atoms. The molecule has 0 aliphatic carbocycles. The number of aryl methyl sites for hydroxylation is 3. The summed E-state index contributed by atoms with van der Waals surface area (Å²) in [4.78, 5) is 11.1. The first-order chi connectivity index (χ1) is 15.9. The van der Waals surface area contributed by atoms with Crippen molar-refractivity contribution >= 4 is 17.3 Å². The first-order valence-electron chi connectivity index (χ1n) is 10.7. The van der Waals surface area contributed by atoms with Crippen molar-refractivity contribution in [2.75, 3.05) is 11.9 Å². The third-order valence-electron chi connectivity index (χ3n) is 4.85. The summed E-state index contributed by atoms with van der Waals surface area (Å²) in [6.07, 6.45) is 11.1. The zero-order valence-electron chi connectivity index (χ0n) is 19.5.